The third-order valence-electron chi connectivity index (χ3n) is 4.00. The molecule has 0 heterocycles. The van der Waals surface area contributed by atoms with Crippen LogP contribution in [0.25, 0.3) is 0 Å². The van der Waals surface area contributed by atoms with Crippen molar-refractivity contribution in [3.63, 3.8) is 0 Å². The molecule has 6 heteroatoms. The summed E-state index contributed by atoms with van der Waals surface area (Å²) in [5.74, 6) is 1.28. The Balaban J connectivity index is 2.20. The first-order valence-electron chi connectivity index (χ1n) is 8.16. The van der Waals surface area contributed by atoms with E-state index in [0.717, 1.165) is 17.5 Å². The summed E-state index contributed by atoms with van der Waals surface area (Å²) in [6.45, 7) is 2.91. The van der Waals surface area contributed by atoms with Gasteiger partial charge in [-0.25, -0.2) is 0 Å². The van der Waals surface area contributed by atoms with Gasteiger partial charge in [-0.15, -0.1) is 0 Å². The van der Waals surface area contributed by atoms with Gasteiger partial charge < -0.3 is 19.9 Å². The van der Waals surface area contributed by atoms with Gasteiger partial charge in [-0.3, -0.25) is 0 Å². The van der Waals surface area contributed by atoms with E-state index >= 15 is 0 Å². The molecule has 0 aromatic heterocycles. The maximum Gasteiger partial charge on any atom is 0.166 e. The molecule has 136 valence electrons. The third kappa shape index (κ3) is 5.25. The molecule has 0 radical (unpaired) electrons. The van der Waals surface area contributed by atoms with Gasteiger partial charge in [0.05, 0.1) is 13.7 Å². The minimum absolute atomic E-state index is 0.0389. The molecule has 0 saturated carbocycles. The van der Waals surface area contributed by atoms with E-state index in [2.05, 4.69) is 5.32 Å². The molecule has 0 unspecified atom stereocenters. The molecule has 25 heavy (non-hydrogen) atoms. The first-order valence-corrected chi connectivity index (χ1v) is 8.92. The first kappa shape index (κ1) is 19.9. The maximum absolute atomic E-state index is 9.34. The van der Waals surface area contributed by atoms with Crippen molar-refractivity contribution in [3.8, 4) is 11.5 Å². The molecule has 2 aromatic rings. The first-order chi connectivity index (χ1) is 12.1. The lowest BCUT2D eigenvalue weighted by Crippen LogP contribution is -2.31. The average molecular weight is 384 g/mol. The van der Waals surface area contributed by atoms with Crippen LogP contribution in [0.15, 0.2) is 36.4 Å². The van der Waals surface area contributed by atoms with E-state index in [1.807, 2.05) is 25.1 Å². The number of rotatable bonds is 9. The Kier molecular flexibility index (Phi) is 7.85. The molecule has 0 aliphatic carbocycles. The Morgan fingerprint density at radius 1 is 1.12 bits per heavy atom. The van der Waals surface area contributed by atoms with Crippen molar-refractivity contribution in [2.45, 2.75) is 32.5 Å². The lowest BCUT2D eigenvalue weighted by Gasteiger charge is -2.19. The lowest BCUT2D eigenvalue weighted by atomic mass is 10.1. The summed E-state index contributed by atoms with van der Waals surface area (Å²) >= 11 is 12.4. The smallest absolute Gasteiger partial charge is 0.166 e. The molecule has 2 N–H and O–H groups in total. The topological polar surface area (TPSA) is 50.7 Å². The molecule has 0 spiro atoms. The highest BCUT2D eigenvalue weighted by Crippen LogP contribution is 2.33. The second-order valence-corrected chi connectivity index (χ2v) is 6.42. The van der Waals surface area contributed by atoms with Crippen molar-refractivity contribution in [1.29, 1.82) is 0 Å². The van der Waals surface area contributed by atoms with E-state index in [1.54, 1.807) is 25.3 Å². The summed E-state index contributed by atoms with van der Waals surface area (Å²) < 4.78 is 11.4. The predicted octanol–water partition coefficient (Wildman–Crippen LogP) is 4.44. The van der Waals surface area contributed by atoms with E-state index in [0.29, 0.717) is 28.1 Å². The maximum atomic E-state index is 9.34. The Bertz CT molecular complexity index is 670. The zero-order valence-electron chi connectivity index (χ0n) is 14.4. The molecule has 2 aromatic carbocycles. The van der Waals surface area contributed by atoms with Crippen LogP contribution in [-0.2, 0) is 13.2 Å². The van der Waals surface area contributed by atoms with Crippen molar-refractivity contribution in [3.05, 3.63) is 57.6 Å². The molecular weight excluding hydrogens is 361 g/mol. The number of hydrogen-bond donors (Lipinski definition) is 2. The Hall–Kier alpha value is -1.46. The lowest BCUT2D eigenvalue weighted by molar-refractivity contribution is 0.236. The summed E-state index contributed by atoms with van der Waals surface area (Å²) in [5, 5.41) is 13.8. The van der Waals surface area contributed by atoms with Crippen molar-refractivity contribution in [2.24, 2.45) is 0 Å². The molecule has 0 amide bonds. The van der Waals surface area contributed by atoms with Gasteiger partial charge in [-0.2, -0.15) is 0 Å². The number of benzene rings is 2. The summed E-state index contributed by atoms with van der Waals surface area (Å²) in [4.78, 5) is 0. The Morgan fingerprint density at radius 2 is 1.80 bits per heavy atom. The highest BCUT2D eigenvalue weighted by molar-refractivity contribution is 6.35. The Labute approximate surface area is 158 Å². The minimum atomic E-state index is 0.0389. The minimum Gasteiger partial charge on any atom is -0.493 e. The second-order valence-electron chi connectivity index (χ2n) is 5.61. The van der Waals surface area contributed by atoms with E-state index in [4.69, 9.17) is 32.7 Å². The van der Waals surface area contributed by atoms with E-state index < -0.39 is 0 Å². The number of para-hydroxylation sites is 1. The number of aliphatic hydroxyl groups excluding tert-OH is 1. The van der Waals surface area contributed by atoms with Gasteiger partial charge in [0.1, 0.15) is 6.61 Å². The predicted molar refractivity (Wildman–Crippen MR) is 102 cm³/mol. The van der Waals surface area contributed by atoms with E-state index in [-0.39, 0.29) is 19.3 Å². The van der Waals surface area contributed by atoms with Crippen LogP contribution >= 0.6 is 23.2 Å². The van der Waals surface area contributed by atoms with Gasteiger partial charge in [0.15, 0.2) is 11.5 Å². The molecule has 0 fully saturated rings. The van der Waals surface area contributed by atoms with Crippen molar-refractivity contribution in [2.75, 3.05) is 13.7 Å². The number of aliphatic hydroxyl groups is 1. The van der Waals surface area contributed by atoms with Crippen LogP contribution < -0.4 is 14.8 Å². The van der Waals surface area contributed by atoms with Crippen LogP contribution in [0.5, 0.6) is 11.5 Å². The number of halogens is 2. The van der Waals surface area contributed by atoms with Crippen LogP contribution in [0, 0.1) is 0 Å². The molecule has 1 atom stereocenters. The van der Waals surface area contributed by atoms with E-state index in [1.165, 1.54) is 0 Å². The number of nitrogens with one attached hydrogen (secondary N) is 1. The van der Waals surface area contributed by atoms with Crippen molar-refractivity contribution < 1.29 is 14.6 Å². The molecule has 0 aliphatic heterocycles. The summed E-state index contributed by atoms with van der Waals surface area (Å²) in [5.41, 5.74) is 1.67. The number of hydrogen-bond acceptors (Lipinski definition) is 4. The van der Waals surface area contributed by atoms with Crippen LogP contribution in [0.1, 0.15) is 24.5 Å². The fourth-order valence-corrected chi connectivity index (χ4v) is 2.94. The van der Waals surface area contributed by atoms with Crippen LogP contribution in [0.3, 0.4) is 0 Å². The zero-order chi connectivity index (χ0) is 18.2. The molecular formula is C19H23Cl2NO3. The Morgan fingerprint density at radius 3 is 2.40 bits per heavy atom. The van der Waals surface area contributed by atoms with Gasteiger partial charge in [0.2, 0.25) is 0 Å². The van der Waals surface area contributed by atoms with Crippen molar-refractivity contribution in [1.82, 2.24) is 5.32 Å². The number of ether oxygens (including phenoxy) is 2. The number of methoxy groups -OCH3 is 1. The molecule has 4 nitrogen and oxygen atoms in total. The van der Waals surface area contributed by atoms with Gasteiger partial charge in [-0.1, -0.05) is 48.3 Å². The largest absolute Gasteiger partial charge is 0.493 e. The standard InChI is InChI=1S/C19H23Cl2NO3/c1-3-14(11-23)22-10-13-6-4-9-18(24-2)19(13)25-12-15-16(20)7-5-8-17(15)21/h4-9,14,22-23H,3,10-12H2,1-2H3/t14-/m1/s1. The normalized spacial score (nSPS) is 12.0. The monoisotopic (exact) mass is 383 g/mol. The van der Waals surface area contributed by atoms with Gasteiger partial charge in [0.25, 0.3) is 0 Å². The van der Waals surface area contributed by atoms with Crippen LogP contribution in [0.2, 0.25) is 10.0 Å². The van der Waals surface area contributed by atoms with Gasteiger partial charge >= 0.3 is 0 Å². The van der Waals surface area contributed by atoms with Gasteiger partial charge in [0, 0.05) is 33.8 Å². The fraction of sp³-hybridized carbons (Fsp3) is 0.368. The van der Waals surface area contributed by atoms with E-state index in [9.17, 15) is 5.11 Å². The fourth-order valence-electron chi connectivity index (χ4n) is 2.43. The highest BCUT2D eigenvalue weighted by atomic mass is 35.5. The van der Waals surface area contributed by atoms with Crippen LogP contribution in [-0.4, -0.2) is 24.9 Å². The molecule has 0 aliphatic rings. The molecule has 0 saturated heterocycles. The summed E-state index contributed by atoms with van der Waals surface area (Å²) in [6, 6.07) is 11.1. The zero-order valence-corrected chi connectivity index (χ0v) is 15.9. The van der Waals surface area contributed by atoms with Crippen LogP contribution in [0.4, 0.5) is 0 Å². The van der Waals surface area contributed by atoms with Crippen molar-refractivity contribution >= 4 is 23.2 Å². The molecule has 0 bridgehead atoms. The van der Waals surface area contributed by atoms with Gasteiger partial charge in [-0.05, 0) is 24.6 Å². The highest BCUT2D eigenvalue weighted by Gasteiger charge is 2.14. The third-order valence-corrected chi connectivity index (χ3v) is 4.71. The summed E-state index contributed by atoms with van der Waals surface area (Å²) in [6.07, 6.45) is 0.839. The SMILES string of the molecule is CC[C@H](CO)NCc1cccc(OC)c1OCc1c(Cl)cccc1Cl. The average Bonchev–Trinajstić information content (AvgIpc) is 2.62. The summed E-state index contributed by atoms with van der Waals surface area (Å²) in [7, 11) is 1.60. The second kappa shape index (κ2) is 9.88. The molecule has 2 rings (SSSR count). The quantitative estimate of drug-likeness (QED) is 0.671.